The molecule has 0 aromatic carbocycles. The molecule has 0 saturated carbocycles. The van der Waals surface area contributed by atoms with Crippen molar-refractivity contribution in [2.75, 3.05) is 0 Å². The summed E-state index contributed by atoms with van der Waals surface area (Å²) in [5, 5.41) is 9.97. The molecule has 0 radical (unpaired) electrons. The summed E-state index contributed by atoms with van der Waals surface area (Å²) in [6.45, 7) is 5.86. The number of aliphatic hydroxyl groups is 1. The van der Waals surface area contributed by atoms with Crippen LogP contribution in [-0.2, 0) is 9.84 Å². The van der Waals surface area contributed by atoms with Crippen molar-refractivity contribution in [1.82, 2.24) is 0 Å². The van der Waals surface area contributed by atoms with E-state index in [1.807, 2.05) is 20.8 Å². The molecule has 2 bridgehead atoms. The Kier molecular flexibility index (Phi) is 2.70. The van der Waals surface area contributed by atoms with E-state index in [1.54, 1.807) is 0 Å². The highest BCUT2D eigenvalue weighted by Gasteiger charge is 2.53. The molecule has 2 saturated heterocycles. The van der Waals surface area contributed by atoms with Gasteiger partial charge < -0.3 is 5.11 Å². The van der Waals surface area contributed by atoms with E-state index in [2.05, 4.69) is 0 Å². The van der Waals surface area contributed by atoms with E-state index in [1.165, 1.54) is 0 Å². The first-order valence-electron chi connectivity index (χ1n) is 5.87. The minimum atomic E-state index is -2.94. The zero-order chi connectivity index (χ0) is 12.1. The van der Waals surface area contributed by atoms with Gasteiger partial charge in [0.1, 0.15) is 0 Å². The second kappa shape index (κ2) is 3.57. The van der Waals surface area contributed by atoms with Gasteiger partial charge in [-0.3, -0.25) is 0 Å². The molecule has 2 aliphatic heterocycles. The fourth-order valence-corrected chi connectivity index (χ4v) is 5.51. The average molecular weight is 244 g/mol. The van der Waals surface area contributed by atoms with Crippen LogP contribution >= 0.6 is 0 Å². The molecule has 0 spiro atoms. The molecule has 2 atom stereocenters. The Labute approximate surface area is 97.5 Å². The standard InChI is InChI=1S/C12H20O3S/c1-8(2)9(3)12(13)6-10-4-5-11(7-12)16(10,14)15/h10-11,13H,4-7H2,1-3H3. The molecule has 2 heterocycles. The van der Waals surface area contributed by atoms with Gasteiger partial charge in [-0.25, -0.2) is 8.42 Å². The first-order chi connectivity index (χ1) is 7.27. The van der Waals surface area contributed by atoms with E-state index in [4.69, 9.17) is 0 Å². The summed E-state index contributed by atoms with van der Waals surface area (Å²) in [7, 11) is -2.94. The third-order valence-corrected chi connectivity index (χ3v) is 6.98. The smallest absolute Gasteiger partial charge is 0.156 e. The Morgan fingerprint density at radius 2 is 1.56 bits per heavy atom. The van der Waals surface area contributed by atoms with E-state index in [-0.39, 0.29) is 10.5 Å². The van der Waals surface area contributed by atoms with Crippen LogP contribution in [0.4, 0.5) is 0 Å². The Bertz CT molecular complexity index is 409. The Balaban J connectivity index is 2.36. The summed E-state index contributed by atoms with van der Waals surface area (Å²) < 4.78 is 23.9. The number of rotatable bonds is 1. The van der Waals surface area contributed by atoms with Gasteiger partial charge in [0, 0.05) is 0 Å². The zero-order valence-corrected chi connectivity index (χ0v) is 11.0. The van der Waals surface area contributed by atoms with Gasteiger partial charge in [-0.1, -0.05) is 5.57 Å². The number of sulfone groups is 1. The molecular weight excluding hydrogens is 224 g/mol. The van der Waals surface area contributed by atoms with Crippen molar-refractivity contribution in [2.24, 2.45) is 0 Å². The summed E-state index contributed by atoms with van der Waals surface area (Å²) in [4.78, 5) is 0. The topological polar surface area (TPSA) is 54.4 Å². The average Bonchev–Trinajstić information content (AvgIpc) is 2.40. The minimum absolute atomic E-state index is 0.314. The quantitative estimate of drug-likeness (QED) is 0.716. The molecule has 0 amide bonds. The molecule has 92 valence electrons. The van der Waals surface area contributed by atoms with Crippen LogP contribution in [0.2, 0.25) is 0 Å². The predicted octanol–water partition coefficient (Wildman–Crippen LogP) is 1.81. The van der Waals surface area contributed by atoms with Crippen LogP contribution in [0.3, 0.4) is 0 Å². The molecule has 16 heavy (non-hydrogen) atoms. The highest BCUT2D eigenvalue weighted by atomic mass is 32.2. The lowest BCUT2D eigenvalue weighted by Crippen LogP contribution is -2.45. The fourth-order valence-electron chi connectivity index (χ4n) is 3.02. The summed E-state index contributed by atoms with van der Waals surface area (Å²) in [5.41, 5.74) is 1.18. The highest BCUT2D eigenvalue weighted by Crippen LogP contribution is 2.46. The third kappa shape index (κ3) is 1.63. The molecule has 2 rings (SSSR count). The first kappa shape index (κ1) is 12.1. The SMILES string of the molecule is CC(C)=C(C)C1(O)CC2CCC(C1)S2(=O)=O. The van der Waals surface area contributed by atoms with E-state index < -0.39 is 15.4 Å². The molecule has 0 aliphatic carbocycles. The number of hydrogen-bond donors (Lipinski definition) is 1. The monoisotopic (exact) mass is 244 g/mol. The van der Waals surface area contributed by atoms with Gasteiger partial charge >= 0.3 is 0 Å². The molecule has 2 fully saturated rings. The second-order valence-electron chi connectivity index (χ2n) is 5.48. The lowest BCUT2D eigenvalue weighted by atomic mass is 9.84. The number of hydrogen-bond acceptors (Lipinski definition) is 3. The summed E-state index contributed by atoms with van der Waals surface area (Å²) >= 11 is 0. The maximum atomic E-state index is 11.9. The minimum Gasteiger partial charge on any atom is -0.385 e. The third-order valence-electron chi connectivity index (χ3n) is 4.32. The van der Waals surface area contributed by atoms with Gasteiger partial charge in [-0.05, 0) is 52.0 Å². The molecule has 2 aliphatic rings. The molecule has 2 unspecified atom stereocenters. The van der Waals surface area contributed by atoms with Crippen LogP contribution in [0.15, 0.2) is 11.1 Å². The second-order valence-corrected chi connectivity index (χ2v) is 7.99. The van der Waals surface area contributed by atoms with E-state index >= 15 is 0 Å². The van der Waals surface area contributed by atoms with Crippen LogP contribution in [0.25, 0.3) is 0 Å². The number of fused-ring (bicyclic) bond motifs is 2. The molecule has 0 aromatic rings. The summed E-state index contributed by atoms with van der Waals surface area (Å²) in [6.07, 6.45) is 2.24. The molecule has 3 nitrogen and oxygen atoms in total. The van der Waals surface area contributed by atoms with E-state index in [0.29, 0.717) is 12.8 Å². The molecule has 0 aromatic heterocycles. The van der Waals surface area contributed by atoms with Crippen molar-refractivity contribution in [3.63, 3.8) is 0 Å². The van der Waals surface area contributed by atoms with Crippen molar-refractivity contribution >= 4 is 9.84 Å². The van der Waals surface area contributed by atoms with Crippen molar-refractivity contribution in [1.29, 1.82) is 0 Å². The summed E-state index contributed by atoms with van der Waals surface area (Å²) in [6, 6.07) is 0. The van der Waals surface area contributed by atoms with Gasteiger partial charge in [0.2, 0.25) is 0 Å². The van der Waals surface area contributed by atoms with Crippen molar-refractivity contribution in [3.8, 4) is 0 Å². The van der Waals surface area contributed by atoms with E-state index in [9.17, 15) is 13.5 Å². The lowest BCUT2D eigenvalue weighted by Gasteiger charge is -2.37. The van der Waals surface area contributed by atoms with Crippen molar-refractivity contribution in [3.05, 3.63) is 11.1 Å². The maximum absolute atomic E-state index is 11.9. The van der Waals surface area contributed by atoms with Crippen LogP contribution in [-0.4, -0.2) is 29.6 Å². The largest absolute Gasteiger partial charge is 0.385 e. The van der Waals surface area contributed by atoms with Gasteiger partial charge in [-0.15, -0.1) is 0 Å². The highest BCUT2D eigenvalue weighted by molar-refractivity contribution is 7.93. The van der Waals surface area contributed by atoms with Crippen LogP contribution in [0.1, 0.15) is 46.5 Å². The predicted molar refractivity (Wildman–Crippen MR) is 64.0 cm³/mol. The van der Waals surface area contributed by atoms with Crippen LogP contribution < -0.4 is 0 Å². The van der Waals surface area contributed by atoms with Crippen molar-refractivity contribution in [2.45, 2.75) is 62.6 Å². The maximum Gasteiger partial charge on any atom is 0.156 e. The van der Waals surface area contributed by atoms with Crippen LogP contribution in [0.5, 0.6) is 0 Å². The first-order valence-corrected chi connectivity index (χ1v) is 7.48. The molecule has 4 heteroatoms. The Morgan fingerprint density at radius 3 is 1.94 bits per heavy atom. The Hall–Kier alpha value is -0.350. The van der Waals surface area contributed by atoms with Crippen LogP contribution in [0, 0.1) is 0 Å². The zero-order valence-electron chi connectivity index (χ0n) is 10.2. The van der Waals surface area contributed by atoms with E-state index in [0.717, 1.165) is 24.0 Å². The van der Waals surface area contributed by atoms with Gasteiger partial charge in [0.25, 0.3) is 0 Å². The number of allylic oxidation sites excluding steroid dienone is 1. The lowest BCUT2D eigenvalue weighted by molar-refractivity contribution is 0.0575. The Morgan fingerprint density at radius 1 is 1.12 bits per heavy atom. The normalized spacial score (nSPS) is 40.8. The molecular formula is C12H20O3S. The fraction of sp³-hybridized carbons (Fsp3) is 0.833. The van der Waals surface area contributed by atoms with Gasteiger partial charge in [0.15, 0.2) is 9.84 Å². The summed E-state index contributed by atoms with van der Waals surface area (Å²) in [5.74, 6) is 0. The van der Waals surface area contributed by atoms with Gasteiger partial charge in [-0.2, -0.15) is 0 Å². The van der Waals surface area contributed by atoms with Crippen molar-refractivity contribution < 1.29 is 13.5 Å². The van der Waals surface area contributed by atoms with Gasteiger partial charge in [0.05, 0.1) is 16.1 Å². The molecule has 1 N–H and O–H groups in total.